The molecule has 0 aliphatic carbocycles. The van der Waals surface area contributed by atoms with Gasteiger partial charge in [0.25, 0.3) is 13.4 Å². The first-order valence-corrected chi connectivity index (χ1v) is 11.3. The molecule has 3 heterocycles. The molecule has 1 saturated heterocycles. The summed E-state index contributed by atoms with van der Waals surface area (Å²) in [7, 11) is -5.34. The van der Waals surface area contributed by atoms with Gasteiger partial charge in [-0.3, -0.25) is 18.9 Å². The number of ether oxygens (including phenoxy) is 1. The van der Waals surface area contributed by atoms with E-state index in [0.717, 1.165) is 10.9 Å². The van der Waals surface area contributed by atoms with Gasteiger partial charge in [-0.1, -0.05) is 6.72 Å². The molecule has 0 amide bonds. The summed E-state index contributed by atoms with van der Waals surface area (Å²) in [5.74, 6) is -0.234. The number of anilines is 1. The van der Waals surface area contributed by atoms with Crippen molar-refractivity contribution in [3.8, 4) is 0 Å². The molecule has 1 aliphatic heterocycles. The monoisotopic (exact) mass is 477 g/mol. The number of nitrogens with one attached hydrogen (secondary N) is 1. The summed E-state index contributed by atoms with van der Waals surface area (Å²) in [6, 6.07) is 0. The van der Waals surface area contributed by atoms with Crippen LogP contribution >= 0.6 is 14.5 Å². The van der Waals surface area contributed by atoms with Gasteiger partial charge < -0.3 is 44.2 Å². The van der Waals surface area contributed by atoms with E-state index in [-0.39, 0.29) is 73.7 Å². The molecule has 31 heavy (non-hydrogen) atoms. The predicted octanol–water partition coefficient (Wildman–Crippen LogP) is -13.2. The number of aromatic amines is 1. The van der Waals surface area contributed by atoms with Gasteiger partial charge in [0, 0.05) is 0 Å². The van der Waals surface area contributed by atoms with E-state index >= 15 is 0 Å². The van der Waals surface area contributed by atoms with Crippen molar-refractivity contribution in [1.82, 2.24) is 19.5 Å². The molecule has 5 N–H and O–H groups in total. The van der Waals surface area contributed by atoms with Crippen molar-refractivity contribution in [1.29, 1.82) is 0 Å². The molecule has 1 fully saturated rings. The first kappa shape index (κ1) is 31.5. The van der Waals surface area contributed by atoms with Gasteiger partial charge in [0.15, 0.2) is 17.4 Å². The summed E-state index contributed by atoms with van der Waals surface area (Å²) in [4.78, 5) is 54.6. The standard InChI is InChI=1S/C10H15N5O10P2S.3Li/c11-10-13-7-4(8(18)14-10)12-2-15(7)9-6(17)5(16)3(24-9)1-23-26(19,20)25-27(21,22)28;;;/h2-3,5-6,9,16-17H,1H2,(H,19,20)(H2,21,22,28)(H3,11,13,14,18);;;/q;3*+1/p-3/t3?,5-,6-,9?;;;/m1.../s1. The largest absolute Gasteiger partial charge is 1.00 e. The molecule has 5 atom stereocenters. The average molecular weight is 477 g/mol. The molecule has 3 rings (SSSR count). The Morgan fingerprint density at radius 2 is 1.90 bits per heavy atom. The maximum absolute atomic E-state index is 11.8. The van der Waals surface area contributed by atoms with Crippen LogP contribution < -0.4 is 82.6 Å². The molecule has 0 bridgehead atoms. The zero-order valence-electron chi connectivity index (χ0n) is 16.5. The van der Waals surface area contributed by atoms with E-state index in [4.69, 9.17) is 10.5 Å². The number of aliphatic hydroxyl groups is 2. The number of imidazole rings is 1. The Labute approximate surface area is 215 Å². The second kappa shape index (κ2) is 11.8. The first-order valence-electron chi connectivity index (χ1n) is 7.31. The van der Waals surface area contributed by atoms with Gasteiger partial charge in [-0.15, -0.1) is 11.8 Å². The number of hydrogen-bond acceptors (Lipinski definition) is 14. The van der Waals surface area contributed by atoms with E-state index in [1.807, 2.05) is 0 Å². The summed E-state index contributed by atoms with van der Waals surface area (Å²) in [5.41, 5.74) is 4.64. The molecule has 0 radical (unpaired) electrons. The number of fused-ring (bicyclic) bond motifs is 1. The Hall–Kier alpha value is 0.502. The summed E-state index contributed by atoms with van der Waals surface area (Å²) < 4.78 is 25.9. The number of phosphoric ester groups is 1. The van der Waals surface area contributed by atoms with Crippen molar-refractivity contribution in [3.05, 3.63) is 16.7 Å². The quantitative estimate of drug-likeness (QED) is 0.223. The van der Waals surface area contributed by atoms with Crippen molar-refractivity contribution in [3.63, 3.8) is 0 Å². The minimum atomic E-state index is -5.34. The normalized spacial score (nSPS) is 25.2. The smallest absolute Gasteiger partial charge is 0.812 e. The maximum atomic E-state index is 11.8. The molecular weight excluding hydrogens is 465 g/mol. The zero-order chi connectivity index (χ0) is 20.9. The van der Waals surface area contributed by atoms with Gasteiger partial charge >= 0.3 is 56.6 Å². The van der Waals surface area contributed by atoms with Crippen LogP contribution in [0.15, 0.2) is 11.1 Å². The van der Waals surface area contributed by atoms with Crippen molar-refractivity contribution in [2.75, 3.05) is 12.3 Å². The van der Waals surface area contributed by atoms with Crippen LogP contribution in [-0.4, -0.2) is 54.7 Å². The summed E-state index contributed by atoms with van der Waals surface area (Å²) in [5, 5.41) is 20.3. The molecule has 0 aromatic carbocycles. The van der Waals surface area contributed by atoms with E-state index in [1.165, 1.54) is 0 Å². The molecule has 21 heteroatoms. The van der Waals surface area contributed by atoms with Crippen LogP contribution in [-0.2, 0) is 29.9 Å². The number of nitrogen functional groups attached to an aromatic ring is 1. The van der Waals surface area contributed by atoms with E-state index < -0.39 is 51.2 Å². The van der Waals surface area contributed by atoms with Crippen LogP contribution in [0.4, 0.5) is 5.95 Å². The topological polar surface area (TPSA) is 244 Å². The van der Waals surface area contributed by atoms with Crippen LogP contribution in [0.5, 0.6) is 0 Å². The molecule has 0 spiro atoms. The number of aliphatic hydroxyl groups excluding tert-OH is 2. The van der Waals surface area contributed by atoms with E-state index in [9.17, 15) is 34.3 Å². The number of H-pyrrole nitrogens is 1. The molecule has 0 saturated carbocycles. The Morgan fingerprint density at radius 1 is 1.29 bits per heavy atom. The van der Waals surface area contributed by atoms with Gasteiger partial charge in [-0.2, -0.15) is 4.98 Å². The average Bonchev–Trinajstić information content (AvgIpc) is 3.06. The minimum Gasteiger partial charge on any atom is -0.812 e. The predicted molar refractivity (Wildman–Crippen MR) is 87.4 cm³/mol. The third kappa shape index (κ3) is 7.49. The Morgan fingerprint density at radius 3 is 2.48 bits per heavy atom. The fraction of sp³-hybridized carbons (Fsp3) is 0.500. The van der Waals surface area contributed by atoms with E-state index in [2.05, 4.69) is 35.6 Å². The summed E-state index contributed by atoms with van der Waals surface area (Å²) >= 11 is 3.81. The molecule has 156 valence electrons. The van der Waals surface area contributed by atoms with Gasteiger partial charge in [0.1, 0.15) is 18.3 Å². The van der Waals surface area contributed by atoms with Gasteiger partial charge in [-0.05, 0) is 0 Å². The van der Waals surface area contributed by atoms with E-state index in [0.29, 0.717) is 0 Å². The Balaban J connectivity index is 0.00000300. The Kier molecular flexibility index (Phi) is 12.0. The van der Waals surface area contributed by atoms with Gasteiger partial charge in [0.2, 0.25) is 5.95 Å². The first-order chi connectivity index (χ1) is 12.9. The molecule has 2 aromatic heterocycles. The summed E-state index contributed by atoms with van der Waals surface area (Å²) in [6.45, 7) is -5.94. The molecule has 3 unspecified atom stereocenters. The van der Waals surface area contributed by atoms with Gasteiger partial charge in [-0.25, -0.2) is 4.98 Å². The number of rotatable bonds is 6. The number of hydrogen-bond donors (Lipinski definition) is 4. The maximum Gasteiger partial charge on any atom is 1.00 e. The molecular formula is C10H12Li3N5O10P2S. The number of nitrogens with zero attached hydrogens (tertiary/aromatic N) is 3. The second-order valence-electron chi connectivity index (χ2n) is 5.59. The SMILES string of the molecule is Nc1nc2c(ncn2C2OC(COP(=O)([O-])OP([O-])([O-])=S)[C@@H](O)[C@H]2O)c(=O)[nH]1.[Li+].[Li+].[Li+]. The fourth-order valence-corrected chi connectivity index (χ4v) is 4.77. The van der Waals surface area contributed by atoms with Crippen molar-refractivity contribution in [2.45, 2.75) is 24.5 Å². The van der Waals surface area contributed by atoms with Crippen LogP contribution in [0.25, 0.3) is 11.2 Å². The summed E-state index contributed by atoms with van der Waals surface area (Å²) in [6.07, 6.45) is -4.91. The van der Waals surface area contributed by atoms with Crippen LogP contribution in [0.2, 0.25) is 0 Å². The number of phosphoric acid groups is 1. The number of aromatic nitrogens is 4. The molecule has 1 aliphatic rings. The van der Waals surface area contributed by atoms with Crippen LogP contribution in [0.1, 0.15) is 6.23 Å². The fourth-order valence-electron chi connectivity index (χ4n) is 2.54. The zero-order valence-corrected chi connectivity index (χ0v) is 19.1. The molecule has 2 aromatic rings. The third-order valence-corrected chi connectivity index (χ3v) is 6.32. The second-order valence-corrected chi connectivity index (χ2v) is 9.64. The van der Waals surface area contributed by atoms with Crippen LogP contribution in [0, 0.1) is 0 Å². The van der Waals surface area contributed by atoms with Crippen molar-refractivity contribution in [2.24, 2.45) is 0 Å². The van der Waals surface area contributed by atoms with E-state index in [1.54, 1.807) is 0 Å². The molecule has 15 nitrogen and oxygen atoms in total. The minimum absolute atomic E-state index is 0. The third-order valence-electron chi connectivity index (χ3n) is 3.66. The Bertz CT molecular complexity index is 1050. The van der Waals surface area contributed by atoms with Crippen LogP contribution in [0.3, 0.4) is 0 Å². The van der Waals surface area contributed by atoms with Crippen molar-refractivity contribution >= 4 is 43.5 Å². The number of nitrogens with two attached hydrogens (primary N) is 1. The van der Waals surface area contributed by atoms with Crippen molar-refractivity contribution < 1.29 is 99.6 Å². The van der Waals surface area contributed by atoms with Gasteiger partial charge in [0.05, 0.1) is 12.9 Å².